The third-order valence-electron chi connectivity index (χ3n) is 5.12. The summed E-state index contributed by atoms with van der Waals surface area (Å²) >= 11 is 0. The van der Waals surface area contributed by atoms with Crippen LogP contribution in [0.15, 0.2) is 53.5 Å². The van der Waals surface area contributed by atoms with Crippen molar-refractivity contribution >= 4 is 22.9 Å². The number of amides is 1. The van der Waals surface area contributed by atoms with E-state index in [-0.39, 0.29) is 18.1 Å². The number of anilines is 2. The van der Waals surface area contributed by atoms with Gasteiger partial charge in [0, 0.05) is 37.2 Å². The van der Waals surface area contributed by atoms with E-state index in [1.807, 2.05) is 42.3 Å². The molecule has 1 saturated heterocycles. The fraction of sp³-hybridized carbons (Fsp3) is 0.381. The lowest BCUT2D eigenvalue weighted by atomic mass is 10.2. The van der Waals surface area contributed by atoms with Crippen LogP contribution in [-0.2, 0) is 16.1 Å². The van der Waals surface area contributed by atoms with Crippen molar-refractivity contribution in [1.29, 1.82) is 0 Å². The maximum absolute atomic E-state index is 12.4. The van der Waals surface area contributed by atoms with Gasteiger partial charge in [0.1, 0.15) is 0 Å². The Morgan fingerprint density at radius 3 is 2.67 bits per heavy atom. The van der Waals surface area contributed by atoms with E-state index in [9.17, 15) is 9.59 Å². The third kappa shape index (κ3) is 4.69. The summed E-state index contributed by atoms with van der Waals surface area (Å²) in [7, 11) is 1.85. The van der Waals surface area contributed by atoms with Gasteiger partial charge in [-0.25, -0.2) is 9.48 Å². The van der Waals surface area contributed by atoms with E-state index in [0.29, 0.717) is 18.7 Å². The molecule has 0 spiro atoms. The number of likely N-dealkylation sites (N-methyl/N-ethyl adjacent to an activating group) is 1. The van der Waals surface area contributed by atoms with Gasteiger partial charge in [0.2, 0.25) is 5.91 Å². The molecule has 9 heteroatoms. The summed E-state index contributed by atoms with van der Waals surface area (Å²) in [5.74, 6) is -0.0982. The van der Waals surface area contributed by atoms with Gasteiger partial charge in [0.15, 0.2) is 5.65 Å². The second kappa shape index (κ2) is 9.10. The van der Waals surface area contributed by atoms with Crippen LogP contribution < -0.4 is 15.9 Å². The van der Waals surface area contributed by atoms with E-state index in [2.05, 4.69) is 15.3 Å². The first-order valence-corrected chi connectivity index (χ1v) is 10.1. The highest BCUT2D eigenvalue weighted by atomic mass is 16.5. The van der Waals surface area contributed by atoms with E-state index in [0.717, 1.165) is 37.7 Å². The highest BCUT2D eigenvalue weighted by Crippen LogP contribution is 2.19. The average Bonchev–Trinajstić information content (AvgIpc) is 3.09. The monoisotopic (exact) mass is 410 g/mol. The van der Waals surface area contributed by atoms with Gasteiger partial charge in [0.25, 0.3) is 0 Å². The molecule has 1 N–H and O–H groups in total. The smallest absolute Gasteiger partial charge is 0.350 e. The number of ether oxygens (including phenoxy) is 1. The average molecular weight is 410 g/mol. The summed E-state index contributed by atoms with van der Waals surface area (Å²) in [6, 6.07) is 13.3. The van der Waals surface area contributed by atoms with Crippen molar-refractivity contribution in [3.63, 3.8) is 0 Å². The first-order valence-electron chi connectivity index (χ1n) is 10.1. The maximum atomic E-state index is 12.4. The first-order chi connectivity index (χ1) is 14.6. The molecule has 0 radical (unpaired) electrons. The molecule has 3 heterocycles. The van der Waals surface area contributed by atoms with Crippen LogP contribution >= 0.6 is 0 Å². The summed E-state index contributed by atoms with van der Waals surface area (Å²) in [5, 5.41) is 7.23. The van der Waals surface area contributed by atoms with Crippen LogP contribution in [0.3, 0.4) is 0 Å². The molecule has 1 amide bonds. The Morgan fingerprint density at radius 1 is 1.17 bits per heavy atom. The zero-order valence-corrected chi connectivity index (χ0v) is 17.0. The molecule has 0 saturated carbocycles. The van der Waals surface area contributed by atoms with Crippen molar-refractivity contribution in [2.75, 3.05) is 56.7 Å². The minimum atomic E-state index is -0.177. The minimum Gasteiger partial charge on any atom is -0.378 e. The molecule has 2 aromatic heterocycles. The van der Waals surface area contributed by atoms with Gasteiger partial charge in [-0.1, -0.05) is 6.07 Å². The quantitative estimate of drug-likeness (QED) is 0.623. The lowest BCUT2D eigenvalue weighted by molar-refractivity contribution is -0.117. The molecular weight excluding hydrogens is 384 g/mol. The van der Waals surface area contributed by atoms with Gasteiger partial charge in [-0.3, -0.25) is 14.1 Å². The molecule has 30 heavy (non-hydrogen) atoms. The molecule has 0 bridgehead atoms. The molecule has 4 rings (SSSR count). The molecule has 0 unspecified atom stereocenters. The number of fused-ring (bicyclic) bond motifs is 1. The van der Waals surface area contributed by atoms with Crippen molar-refractivity contribution in [2.45, 2.75) is 6.54 Å². The van der Waals surface area contributed by atoms with Crippen LogP contribution in [0.25, 0.3) is 5.65 Å². The van der Waals surface area contributed by atoms with E-state index in [4.69, 9.17) is 4.74 Å². The lowest BCUT2D eigenvalue weighted by Gasteiger charge is -2.28. The highest BCUT2D eigenvalue weighted by Gasteiger charge is 2.12. The predicted octanol–water partition coefficient (Wildman–Crippen LogP) is 0.903. The Bertz CT molecular complexity index is 1050. The first kappa shape index (κ1) is 20.1. The molecular formula is C21H26N6O3. The summed E-state index contributed by atoms with van der Waals surface area (Å²) in [6.45, 7) is 4.43. The summed E-state index contributed by atoms with van der Waals surface area (Å²) in [6.07, 6.45) is 1.70. The number of rotatable bonds is 7. The topological polar surface area (TPSA) is 84.1 Å². The molecule has 158 valence electrons. The number of carbonyl (C=O) groups is 1. The van der Waals surface area contributed by atoms with Crippen molar-refractivity contribution in [3.8, 4) is 0 Å². The lowest BCUT2D eigenvalue weighted by Crippen LogP contribution is -2.36. The Morgan fingerprint density at radius 2 is 1.93 bits per heavy atom. The van der Waals surface area contributed by atoms with Crippen LogP contribution in [-0.4, -0.2) is 71.4 Å². The Labute approximate surface area is 174 Å². The number of hydrogen-bond acceptors (Lipinski definition) is 6. The standard InChI is InChI=1S/C21H26N6O3/c1-24(10-11-27-21(29)26-9-3-2-4-19(26)23-27)16-20(28)22-17-5-7-18(8-6-17)25-12-14-30-15-13-25/h2-9H,10-16H2,1H3,(H,22,28). The number of carbonyl (C=O) groups excluding carboxylic acids is 1. The fourth-order valence-corrected chi connectivity index (χ4v) is 3.48. The molecule has 9 nitrogen and oxygen atoms in total. The Hall–Kier alpha value is -3.17. The largest absolute Gasteiger partial charge is 0.378 e. The van der Waals surface area contributed by atoms with Crippen molar-refractivity contribution in [2.24, 2.45) is 0 Å². The zero-order valence-electron chi connectivity index (χ0n) is 17.0. The molecule has 0 atom stereocenters. The predicted molar refractivity (Wildman–Crippen MR) is 115 cm³/mol. The van der Waals surface area contributed by atoms with Gasteiger partial charge >= 0.3 is 5.69 Å². The molecule has 1 aliphatic heterocycles. The number of benzene rings is 1. The third-order valence-corrected chi connectivity index (χ3v) is 5.12. The Balaban J connectivity index is 1.27. The van der Waals surface area contributed by atoms with Crippen LogP contribution in [0, 0.1) is 0 Å². The second-order valence-electron chi connectivity index (χ2n) is 7.37. The van der Waals surface area contributed by atoms with Crippen molar-refractivity contribution in [3.05, 3.63) is 59.1 Å². The molecule has 0 aliphatic carbocycles. The van der Waals surface area contributed by atoms with E-state index < -0.39 is 0 Å². The van der Waals surface area contributed by atoms with Gasteiger partial charge in [-0.05, 0) is 43.4 Å². The van der Waals surface area contributed by atoms with E-state index >= 15 is 0 Å². The summed E-state index contributed by atoms with van der Waals surface area (Å²) < 4.78 is 8.31. The van der Waals surface area contributed by atoms with Gasteiger partial charge in [-0.2, -0.15) is 0 Å². The van der Waals surface area contributed by atoms with Gasteiger partial charge in [0.05, 0.1) is 26.3 Å². The van der Waals surface area contributed by atoms with Gasteiger partial charge < -0.3 is 15.0 Å². The van der Waals surface area contributed by atoms with Crippen LogP contribution in [0.2, 0.25) is 0 Å². The zero-order chi connectivity index (χ0) is 20.9. The number of hydrogen-bond donors (Lipinski definition) is 1. The number of morpholine rings is 1. The van der Waals surface area contributed by atoms with Crippen LogP contribution in [0.4, 0.5) is 11.4 Å². The molecule has 1 fully saturated rings. The second-order valence-corrected chi connectivity index (χ2v) is 7.37. The fourth-order valence-electron chi connectivity index (χ4n) is 3.48. The molecule has 3 aromatic rings. The highest BCUT2D eigenvalue weighted by molar-refractivity contribution is 5.92. The number of nitrogens with zero attached hydrogens (tertiary/aromatic N) is 5. The molecule has 1 aromatic carbocycles. The normalized spacial score (nSPS) is 14.4. The SMILES string of the molecule is CN(CCn1nc2ccccn2c1=O)CC(=O)Nc1ccc(N2CCOCC2)cc1. The number of nitrogens with one attached hydrogen (secondary N) is 1. The summed E-state index contributed by atoms with van der Waals surface area (Å²) in [4.78, 5) is 28.8. The van der Waals surface area contributed by atoms with Gasteiger partial charge in [-0.15, -0.1) is 5.10 Å². The van der Waals surface area contributed by atoms with Crippen LogP contribution in [0.1, 0.15) is 0 Å². The van der Waals surface area contributed by atoms with Crippen molar-refractivity contribution < 1.29 is 9.53 Å². The molecule has 1 aliphatic rings. The minimum absolute atomic E-state index is 0.0982. The van der Waals surface area contributed by atoms with E-state index in [1.165, 1.54) is 9.08 Å². The maximum Gasteiger partial charge on any atom is 0.350 e. The number of pyridine rings is 1. The van der Waals surface area contributed by atoms with Crippen molar-refractivity contribution in [1.82, 2.24) is 19.1 Å². The van der Waals surface area contributed by atoms with E-state index in [1.54, 1.807) is 18.3 Å². The Kier molecular flexibility index (Phi) is 6.10. The number of aromatic nitrogens is 3. The summed E-state index contributed by atoms with van der Waals surface area (Å²) in [5.41, 5.74) is 2.33. The van der Waals surface area contributed by atoms with Crippen LogP contribution in [0.5, 0.6) is 0 Å².